The van der Waals surface area contributed by atoms with E-state index in [1.807, 2.05) is 7.05 Å². The van der Waals surface area contributed by atoms with Gasteiger partial charge in [0, 0.05) is 35.7 Å². The molecule has 7 nitrogen and oxygen atoms in total. The number of hydrogen-bond donors (Lipinski definition) is 2. The van der Waals surface area contributed by atoms with Crippen LogP contribution in [0.2, 0.25) is 12.1 Å². The highest BCUT2D eigenvalue weighted by atomic mass is 28.2. The van der Waals surface area contributed by atoms with Crippen LogP contribution in [0.25, 0.3) is 0 Å². The lowest BCUT2D eigenvalue weighted by Gasteiger charge is -2.47. The van der Waals surface area contributed by atoms with Crippen molar-refractivity contribution in [2.24, 2.45) is 10.8 Å². The normalized spacial score (nSPS) is 28.9. The van der Waals surface area contributed by atoms with Crippen LogP contribution in [0.15, 0.2) is 0 Å². The quantitative estimate of drug-likeness (QED) is 0.439. The van der Waals surface area contributed by atoms with E-state index in [4.69, 9.17) is 9.47 Å². The molecule has 0 aromatic heterocycles. The summed E-state index contributed by atoms with van der Waals surface area (Å²) in [5.41, 5.74) is 0.652. The molecule has 4 atom stereocenters. The van der Waals surface area contributed by atoms with Gasteiger partial charge in [0.1, 0.15) is 12.7 Å². The average Bonchev–Trinajstić information content (AvgIpc) is 3.45. The molecule has 1 saturated heterocycles. The van der Waals surface area contributed by atoms with E-state index in [1.54, 1.807) is 4.90 Å². The number of carbonyl (C=O) groups excluding carboxylic acids is 2. The Hall–Kier alpha value is -1.28. The largest absolute Gasteiger partial charge is 0.447 e. The van der Waals surface area contributed by atoms with E-state index in [0.717, 1.165) is 41.7 Å². The van der Waals surface area contributed by atoms with Crippen molar-refractivity contribution >= 4 is 21.6 Å². The number of ether oxygens (including phenoxy) is 2. The first-order chi connectivity index (χ1) is 13.5. The van der Waals surface area contributed by atoms with Crippen molar-refractivity contribution in [3.63, 3.8) is 0 Å². The summed E-state index contributed by atoms with van der Waals surface area (Å²) in [6.07, 6.45) is 3.49. The van der Waals surface area contributed by atoms with Crippen molar-refractivity contribution in [3.8, 4) is 0 Å². The molecule has 2 aliphatic rings. The Morgan fingerprint density at radius 3 is 2.62 bits per heavy atom. The molecule has 0 aromatic rings. The first-order valence-electron chi connectivity index (χ1n) is 10.7. The number of rotatable bonds is 9. The molecule has 1 aliphatic heterocycles. The molecule has 1 aliphatic carbocycles. The molecular formula is C21H39N3O4Si. The zero-order chi connectivity index (χ0) is 21.7. The van der Waals surface area contributed by atoms with E-state index in [-0.39, 0.29) is 29.0 Å². The molecule has 166 valence electrons. The van der Waals surface area contributed by atoms with Crippen LogP contribution in [0.5, 0.6) is 0 Å². The number of carbonyl (C=O) groups is 2. The van der Waals surface area contributed by atoms with Crippen LogP contribution < -0.4 is 10.6 Å². The number of urea groups is 1. The number of alkyl carbamates (subject to hydrolysis) is 1. The predicted octanol–water partition coefficient (Wildman–Crippen LogP) is 3.29. The third-order valence-electron chi connectivity index (χ3n) is 5.97. The Bertz CT molecular complexity index is 570. The highest BCUT2D eigenvalue weighted by Gasteiger charge is 2.42. The monoisotopic (exact) mass is 425 g/mol. The average molecular weight is 426 g/mol. The maximum Gasteiger partial charge on any atom is 0.407 e. The molecule has 0 aromatic carbocycles. The minimum Gasteiger partial charge on any atom is -0.447 e. The fourth-order valence-corrected chi connectivity index (χ4v) is 4.88. The molecule has 3 amide bonds. The fourth-order valence-electron chi connectivity index (χ4n) is 4.46. The highest BCUT2D eigenvalue weighted by Crippen LogP contribution is 2.45. The van der Waals surface area contributed by atoms with Gasteiger partial charge in [-0.05, 0) is 36.5 Å². The number of hydrogen-bond acceptors (Lipinski definition) is 4. The van der Waals surface area contributed by atoms with Crippen molar-refractivity contribution in [3.05, 3.63) is 0 Å². The number of epoxide rings is 1. The van der Waals surface area contributed by atoms with Gasteiger partial charge in [0.15, 0.2) is 0 Å². The molecule has 0 spiro atoms. The topological polar surface area (TPSA) is 83.2 Å². The molecule has 8 heteroatoms. The Kier molecular flexibility index (Phi) is 8.40. The summed E-state index contributed by atoms with van der Waals surface area (Å²) in [7, 11) is 2.77. The number of amides is 3. The zero-order valence-electron chi connectivity index (χ0n) is 19.0. The minimum absolute atomic E-state index is 0.00140. The van der Waals surface area contributed by atoms with Crippen molar-refractivity contribution in [1.82, 2.24) is 15.5 Å². The molecule has 2 N–H and O–H groups in total. The molecule has 1 saturated carbocycles. The van der Waals surface area contributed by atoms with Crippen molar-refractivity contribution < 1.29 is 19.1 Å². The summed E-state index contributed by atoms with van der Waals surface area (Å²) >= 11 is 0. The van der Waals surface area contributed by atoms with Crippen LogP contribution >= 0.6 is 0 Å². The van der Waals surface area contributed by atoms with Crippen LogP contribution in [0.1, 0.15) is 53.4 Å². The van der Waals surface area contributed by atoms with Gasteiger partial charge in [-0.1, -0.05) is 39.8 Å². The minimum atomic E-state index is -0.392. The van der Waals surface area contributed by atoms with Gasteiger partial charge in [0.2, 0.25) is 0 Å². The van der Waals surface area contributed by atoms with Crippen LogP contribution in [0.3, 0.4) is 0 Å². The van der Waals surface area contributed by atoms with Gasteiger partial charge in [-0.15, -0.1) is 0 Å². The lowest BCUT2D eigenvalue weighted by molar-refractivity contribution is 0.0672. The lowest BCUT2D eigenvalue weighted by atomic mass is 9.62. The third-order valence-corrected chi connectivity index (χ3v) is 7.24. The first kappa shape index (κ1) is 24.0. The van der Waals surface area contributed by atoms with Crippen LogP contribution in [0.4, 0.5) is 9.59 Å². The summed E-state index contributed by atoms with van der Waals surface area (Å²) in [6.45, 7) is 13.4. The molecule has 0 bridgehead atoms. The number of nitrogens with zero attached hydrogens (tertiary/aromatic N) is 1. The highest BCUT2D eigenvalue weighted by molar-refractivity contribution is 6.35. The predicted molar refractivity (Wildman–Crippen MR) is 115 cm³/mol. The second-order valence-corrected chi connectivity index (χ2v) is 11.6. The van der Waals surface area contributed by atoms with E-state index in [1.165, 1.54) is 0 Å². The molecule has 2 fully saturated rings. The SMILES string of the molecule is C[Si]C(C)CCN(C)C(=O)NC1CC(C)(C)CC(C)(CNC(=O)OCC2CO2)C1. The van der Waals surface area contributed by atoms with Gasteiger partial charge in [-0.3, -0.25) is 0 Å². The van der Waals surface area contributed by atoms with E-state index in [0.29, 0.717) is 25.3 Å². The second-order valence-electron chi connectivity index (χ2n) is 10.0. The van der Waals surface area contributed by atoms with Crippen LogP contribution in [0, 0.1) is 10.8 Å². The smallest absolute Gasteiger partial charge is 0.407 e. The third kappa shape index (κ3) is 8.54. The molecule has 29 heavy (non-hydrogen) atoms. The van der Waals surface area contributed by atoms with Gasteiger partial charge >= 0.3 is 12.1 Å². The molecule has 1 heterocycles. The fraction of sp³-hybridized carbons (Fsp3) is 0.905. The molecule has 2 radical (unpaired) electrons. The maximum absolute atomic E-state index is 12.7. The number of nitrogens with one attached hydrogen (secondary N) is 2. The Labute approximate surface area is 178 Å². The van der Waals surface area contributed by atoms with E-state index < -0.39 is 6.09 Å². The van der Waals surface area contributed by atoms with E-state index >= 15 is 0 Å². The summed E-state index contributed by atoms with van der Waals surface area (Å²) in [5, 5.41) is 6.15. The van der Waals surface area contributed by atoms with Crippen molar-refractivity contribution in [2.45, 2.75) is 77.6 Å². The van der Waals surface area contributed by atoms with Gasteiger partial charge in [0.25, 0.3) is 0 Å². The van der Waals surface area contributed by atoms with Crippen molar-refractivity contribution in [1.29, 1.82) is 0 Å². The van der Waals surface area contributed by atoms with Crippen LogP contribution in [-0.2, 0) is 9.47 Å². The maximum atomic E-state index is 12.7. The van der Waals surface area contributed by atoms with E-state index in [9.17, 15) is 9.59 Å². The van der Waals surface area contributed by atoms with Gasteiger partial charge in [-0.25, -0.2) is 9.59 Å². The van der Waals surface area contributed by atoms with Gasteiger partial charge in [-0.2, -0.15) is 0 Å². The summed E-state index contributed by atoms with van der Waals surface area (Å²) in [4.78, 5) is 26.4. The Balaban J connectivity index is 1.84. The van der Waals surface area contributed by atoms with E-state index in [2.05, 4.69) is 44.9 Å². The van der Waals surface area contributed by atoms with Gasteiger partial charge in [0.05, 0.1) is 6.61 Å². The van der Waals surface area contributed by atoms with Crippen molar-refractivity contribution in [2.75, 3.05) is 33.4 Å². The summed E-state index contributed by atoms with van der Waals surface area (Å²) in [5.74, 6) is 0. The molecule has 4 unspecified atom stereocenters. The zero-order valence-corrected chi connectivity index (χ0v) is 20.0. The molecular weight excluding hydrogens is 386 g/mol. The summed E-state index contributed by atoms with van der Waals surface area (Å²) < 4.78 is 10.2. The standard InChI is InChI=1S/C21H39N3O4Si/c1-15(29-6)7-8-24(5)18(25)23-16-9-20(2,3)13-21(4,10-16)14-22-19(26)28-12-17-11-27-17/h15-17H,7-14H2,1-6H3,(H,22,26)(H,23,25). The molecule has 2 rings (SSSR count). The lowest BCUT2D eigenvalue weighted by Crippen LogP contribution is -2.52. The Morgan fingerprint density at radius 2 is 2.00 bits per heavy atom. The van der Waals surface area contributed by atoms with Crippen LogP contribution in [-0.4, -0.2) is 72.0 Å². The summed E-state index contributed by atoms with van der Waals surface area (Å²) in [6, 6.07) is 0.0975. The van der Waals surface area contributed by atoms with Gasteiger partial charge < -0.3 is 25.0 Å². The second kappa shape index (κ2) is 10.2. The Morgan fingerprint density at radius 1 is 1.31 bits per heavy atom. The first-order valence-corrected chi connectivity index (χ1v) is 12.3.